The number of fused-ring (bicyclic) bond motifs is 1. The van der Waals surface area contributed by atoms with Gasteiger partial charge in [0.1, 0.15) is 5.52 Å². The van der Waals surface area contributed by atoms with E-state index >= 15 is 0 Å². The fourth-order valence-corrected chi connectivity index (χ4v) is 1.66. The van der Waals surface area contributed by atoms with Crippen LogP contribution in [0.5, 0.6) is 0 Å². The molecule has 0 atom stereocenters. The quantitative estimate of drug-likeness (QED) is 0.606. The van der Waals surface area contributed by atoms with Gasteiger partial charge in [-0.1, -0.05) is 11.6 Å². The van der Waals surface area contributed by atoms with Crippen LogP contribution in [0.2, 0.25) is 5.15 Å². The molecule has 0 spiro atoms. The highest BCUT2D eigenvalue weighted by Crippen LogP contribution is 2.23. The Morgan fingerprint density at radius 3 is 3.10 bits per heavy atom. The summed E-state index contributed by atoms with van der Waals surface area (Å²) in [4.78, 5) is 0. The van der Waals surface area contributed by atoms with Gasteiger partial charge in [0.05, 0.1) is 4.70 Å². The molecule has 0 unspecified atom stereocenters. The van der Waals surface area contributed by atoms with Gasteiger partial charge in [0.15, 0.2) is 5.15 Å². The smallest absolute Gasteiger partial charge is 0.139 e. The monoisotopic (exact) mass is 171 g/mol. The van der Waals surface area contributed by atoms with Crippen LogP contribution in [-0.4, -0.2) is 15.4 Å². The molecule has 0 bridgehead atoms. The van der Waals surface area contributed by atoms with Gasteiger partial charge < -0.3 is 0 Å². The average Bonchev–Trinajstić information content (AvgIpc) is 2.36. The molecule has 0 saturated carbocycles. The van der Waals surface area contributed by atoms with Gasteiger partial charge in [-0.25, -0.2) is 0 Å². The van der Waals surface area contributed by atoms with E-state index in [4.69, 9.17) is 11.6 Å². The molecular weight excluding hydrogens is 170 g/mol. The molecule has 0 amide bonds. The number of hydrogen-bond acceptors (Lipinski definition) is 4. The van der Waals surface area contributed by atoms with Crippen molar-refractivity contribution in [2.45, 2.75) is 0 Å². The van der Waals surface area contributed by atoms with E-state index in [0.717, 1.165) is 10.2 Å². The van der Waals surface area contributed by atoms with Crippen LogP contribution in [0, 0.1) is 0 Å². The molecule has 0 aromatic carbocycles. The first kappa shape index (κ1) is 6.00. The Hall–Kier alpha value is -0.740. The number of halogens is 1. The lowest BCUT2D eigenvalue weighted by Gasteiger charge is -1.85. The van der Waals surface area contributed by atoms with E-state index in [1.165, 1.54) is 11.3 Å². The van der Waals surface area contributed by atoms with Gasteiger partial charge in [0, 0.05) is 0 Å². The molecule has 0 radical (unpaired) electrons. The summed E-state index contributed by atoms with van der Waals surface area (Å²) in [5, 5.41) is 13.2. The summed E-state index contributed by atoms with van der Waals surface area (Å²) in [5.74, 6) is 0. The lowest BCUT2D eigenvalue weighted by Crippen LogP contribution is -1.84. The maximum absolute atomic E-state index is 5.70. The van der Waals surface area contributed by atoms with Crippen molar-refractivity contribution in [2.24, 2.45) is 0 Å². The van der Waals surface area contributed by atoms with Gasteiger partial charge in [-0.05, 0) is 16.7 Å². The molecule has 3 nitrogen and oxygen atoms in total. The van der Waals surface area contributed by atoms with Crippen molar-refractivity contribution < 1.29 is 0 Å². The van der Waals surface area contributed by atoms with Crippen molar-refractivity contribution in [3.8, 4) is 0 Å². The summed E-state index contributed by atoms with van der Waals surface area (Å²) in [6.45, 7) is 0. The molecule has 2 aromatic heterocycles. The highest BCUT2D eigenvalue weighted by atomic mass is 35.5. The van der Waals surface area contributed by atoms with Gasteiger partial charge >= 0.3 is 0 Å². The standard InChI is InChI=1S/C5H2ClN3S/c6-5-4-3(1-2-10-4)7-9-8-5/h1-2H. The minimum absolute atomic E-state index is 0.431. The molecule has 0 aliphatic carbocycles. The minimum Gasteiger partial charge on any atom is -0.139 e. The Labute approximate surface area is 65.7 Å². The highest BCUT2D eigenvalue weighted by Gasteiger charge is 2.01. The van der Waals surface area contributed by atoms with Gasteiger partial charge in [-0.3, -0.25) is 0 Å². The number of nitrogens with zero attached hydrogens (tertiary/aromatic N) is 3. The average molecular weight is 172 g/mol. The fraction of sp³-hybridized carbons (Fsp3) is 0. The predicted molar refractivity (Wildman–Crippen MR) is 40.2 cm³/mol. The lowest BCUT2D eigenvalue weighted by atomic mass is 10.5. The third-order valence-electron chi connectivity index (χ3n) is 1.12. The first-order valence-corrected chi connectivity index (χ1v) is 3.86. The number of rotatable bonds is 0. The highest BCUT2D eigenvalue weighted by molar-refractivity contribution is 7.17. The maximum Gasteiger partial charge on any atom is 0.172 e. The molecule has 2 rings (SSSR count). The molecule has 0 N–H and O–H groups in total. The van der Waals surface area contributed by atoms with Crippen LogP contribution in [0.25, 0.3) is 10.2 Å². The topological polar surface area (TPSA) is 38.7 Å². The zero-order valence-electron chi connectivity index (χ0n) is 4.78. The summed E-state index contributed by atoms with van der Waals surface area (Å²) < 4.78 is 0.900. The molecular formula is C5H2ClN3S. The second-order valence-electron chi connectivity index (χ2n) is 1.72. The molecule has 10 heavy (non-hydrogen) atoms. The molecule has 0 aliphatic heterocycles. The van der Waals surface area contributed by atoms with Gasteiger partial charge in [0.25, 0.3) is 0 Å². The van der Waals surface area contributed by atoms with E-state index < -0.39 is 0 Å². The molecule has 0 aliphatic rings. The predicted octanol–water partition coefficient (Wildman–Crippen LogP) is 1.74. The normalized spacial score (nSPS) is 10.5. The first-order chi connectivity index (χ1) is 4.88. The molecule has 2 heterocycles. The van der Waals surface area contributed by atoms with Crippen LogP contribution >= 0.6 is 22.9 Å². The van der Waals surface area contributed by atoms with Crippen LogP contribution < -0.4 is 0 Å². The molecule has 2 aromatic rings. The summed E-state index contributed by atoms with van der Waals surface area (Å²) in [5.41, 5.74) is 0.810. The Bertz CT molecular complexity index is 358. The Morgan fingerprint density at radius 2 is 2.30 bits per heavy atom. The number of hydrogen-bond donors (Lipinski definition) is 0. The van der Waals surface area contributed by atoms with Crippen LogP contribution in [0.15, 0.2) is 11.4 Å². The molecule has 0 saturated heterocycles. The van der Waals surface area contributed by atoms with E-state index in [1.54, 1.807) is 0 Å². The van der Waals surface area contributed by atoms with Crippen molar-refractivity contribution in [3.63, 3.8) is 0 Å². The molecule has 5 heteroatoms. The largest absolute Gasteiger partial charge is 0.172 e. The Morgan fingerprint density at radius 1 is 1.40 bits per heavy atom. The van der Waals surface area contributed by atoms with Crippen LogP contribution in [-0.2, 0) is 0 Å². The third kappa shape index (κ3) is 0.767. The van der Waals surface area contributed by atoms with Crippen molar-refractivity contribution in [1.29, 1.82) is 0 Å². The molecule has 50 valence electrons. The van der Waals surface area contributed by atoms with Crippen molar-refractivity contribution in [3.05, 3.63) is 16.6 Å². The van der Waals surface area contributed by atoms with Crippen LogP contribution in [0.1, 0.15) is 0 Å². The summed E-state index contributed by atoms with van der Waals surface area (Å²) in [7, 11) is 0. The SMILES string of the molecule is Clc1nnnc2ccsc12. The Kier molecular flexibility index (Phi) is 1.28. The van der Waals surface area contributed by atoms with E-state index in [0.29, 0.717) is 5.15 Å². The van der Waals surface area contributed by atoms with Gasteiger partial charge in [-0.15, -0.1) is 21.5 Å². The van der Waals surface area contributed by atoms with Crippen molar-refractivity contribution in [1.82, 2.24) is 15.4 Å². The zero-order valence-corrected chi connectivity index (χ0v) is 6.35. The van der Waals surface area contributed by atoms with E-state index in [9.17, 15) is 0 Å². The summed E-state index contributed by atoms with van der Waals surface area (Å²) >= 11 is 7.21. The minimum atomic E-state index is 0.431. The second kappa shape index (κ2) is 2.14. The maximum atomic E-state index is 5.70. The van der Waals surface area contributed by atoms with E-state index in [2.05, 4.69) is 15.4 Å². The van der Waals surface area contributed by atoms with Gasteiger partial charge in [0.2, 0.25) is 0 Å². The number of aromatic nitrogens is 3. The molecule has 0 fully saturated rings. The van der Waals surface area contributed by atoms with Crippen LogP contribution in [0.3, 0.4) is 0 Å². The Balaban J connectivity index is 2.95. The second-order valence-corrected chi connectivity index (χ2v) is 2.99. The van der Waals surface area contributed by atoms with E-state index in [1.807, 2.05) is 11.4 Å². The summed E-state index contributed by atoms with van der Waals surface area (Å²) in [6, 6.07) is 1.86. The van der Waals surface area contributed by atoms with Crippen molar-refractivity contribution in [2.75, 3.05) is 0 Å². The van der Waals surface area contributed by atoms with Crippen LogP contribution in [0.4, 0.5) is 0 Å². The van der Waals surface area contributed by atoms with E-state index in [-0.39, 0.29) is 0 Å². The zero-order chi connectivity index (χ0) is 6.97. The number of thiophene rings is 1. The van der Waals surface area contributed by atoms with Gasteiger partial charge in [-0.2, -0.15) is 0 Å². The fourth-order valence-electron chi connectivity index (χ4n) is 0.691. The van der Waals surface area contributed by atoms with Crippen molar-refractivity contribution >= 4 is 33.2 Å². The first-order valence-electron chi connectivity index (χ1n) is 2.60. The summed E-state index contributed by atoms with van der Waals surface area (Å²) in [6.07, 6.45) is 0. The lowest BCUT2D eigenvalue weighted by molar-refractivity contribution is 0.898. The third-order valence-corrected chi connectivity index (χ3v) is 2.40.